The van der Waals surface area contributed by atoms with Gasteiger partial charge in [-0.1, -0.05) is 31.2 Å². The average molecular weight is 305 g/mol. The van der Waals surface area contributed by atoms with Crippen LogP contribution in [0.2, 0.25) is 0 Å². The number of hydrogen-bond donors (Lipinski definition) is 1. The van der Waals surface area contributed by atoms with Crippen LogP contribution in [-0.2, 0) is 6.54 Å². The van der Waals surface area contributed by atoms with Gasteiger partial charge in [0.1, 0.15) is 0 Å². The van der Waals surface area contributed by atoms with Gasteiger partial charge in [-0.2, -0.15) is 11.8 Å². The molecule has 1 saturated heterocycles. The molecule has 2 fully saturated rings. The van der Waals surface area contributed by atoms with E-state index in [1.54, 1.807) is 0 Å². The second kappa shape index (κ2) is 7.66. The highest BCUT2D eigenvalue weighted by Crippen LogP contribution is 2.22. The van der Waals surface area contributed by atoms with Crippen LogP contribution in [0.5, 0.6) is 0 Å². The van der Waals surface area contributed by atoms with Gasteiger partial charge in [-0.15, -0.1) is 0 Å². The lowest BCUT2D eigenvalue weighted by Gasteiger charge is -2.20. The molecule has 0 amide bonds. The summed E-state index contributed by atoms with van der Waals surface area (Å²) in [4.78, 5) is 2.60. The summed E-state index contributed by atoms with van der Waals surface area (Å²) >= 11 is 2.10. The molecule has 1 saturated carbocycles. The molecule has 0 spiro atoms. The predicted octanol–water partition coefficient (Wildman–Crippen LogP) is 3.48. The van der Waals surface area contributed by atoms with Crippen LogP contribution in [0.1, 0.15) is 43.2 Å². The Balaban J connectivity index is 1.50. The van der Waals surface area contributed by atoms with Crippen molar-refractivity contribution < 1.29 is 0 Å². The van der Waals surface area contributed by atoms with Gasteiger partial charge in [0.2, 0.25) is 0 Å². The lowest BCUT2D eigenvalue weighted by molar-refractivity contribution is 0.287. The van der Waals surface area contributed by atoms with Crippen LogP contribution in [0.25, 0.3) is 0 Å². The van der Waals surface area contributed by atoms with Crippen molar-refractivity contribution in [3.63, 3.8) is 0 Å². The van der Waals surface area contributed by atoms with Gasteiger partial charge in [0.05, 0.1) is 0 Å². The molecule has 116 valence electrons. The Morgan fingerprint density at radius 3 is 2.76 bits per heavy atom. The molecule has 1 unspecified atom stereocenters. The third kappa shape index (κ3) is 5.01. The van der Waals surface area contributed by atoms with E-state index in [0.717, 1.165) is 19.1 Å². The Hall–Kier alpha value is -0.510. The standard InChI is InChI=1S/C18H28N2S/c1-15(13-19-18-7-8-18)17-5-3-16(4-6-17)14-20-9-2-11-21-12-10-20/h3-6,15,18-19H,2,7-14H2,1H3. The van der Waals surface area contributed by atoms with E-state index in [1.165, 1.54) is 55.0 Å². The molecule has 1 heterocycles. The van der Waals surface area contributed by atoms with Crippen molar-refractivity contribution in [2.45, 2.75) is 44.7 Å². The molecule has 1 N–H and O–H groups in total. The molecule has 1 aliphatic carbocycles. The number of rotatable bonds is 6. The molecule has 21 heavy (non-hydrogen) atoms. The van der Waals surface area contributed by atoms with Crippen molar-refractivity contribution in [2.75, 3.05) is 31.1 Å². The second-order valence-electron chi connectivity index (χ2n) is 6.57. The zero-order valence-electron chi connectivity index (χ0n) is 13.2. The summed E-state index contributed by atoms with van der Waals surface area (Å²) in [6, 6.07) is 10.2. The normalized spacial score (nSPS) is 22.0. The van der Waals surface area contributed by atoms with E-state index in [0.29, 0.717) is 5.92 Å². The van der Waals surface area contributed by atoms with Gasteiger partial charge in [-0.3, -0.25) is 4.90 Å². The van der Waals surface area contributed by atoms with Crippen LogP contribution >= 0.6 is 11.8 Å². The van der Waals surface area contributed by atoms with Gasteiger partial charge in [0.25, 0.3) is 0 Å². The van der Waals surface area contributed by atoms with Crippen LogP contribution in [-0.4, -0.2) is 42.1 Å². The van der Waals surface area contributed by atoms with Gasteiger partial charge in [-0.05, 0) is 48.6 Å². The zero-order valence-corrected chi connectivity index (χ0v) is 14.0. The highest BCUT2D eigenvalue weighted by molar-refractivity contribution is 7.99. The Morgan fingerprint density at radius 2 is 2.00 bits per heavy atom. The number of thioether (sulfide) groups is 1. The summed E-state index contributed by atoms with van der Waals surface area (Å²) < 4.78 is 0. The summed E-state index contributed by atoms with van der Waals surface area (Å²) in [7, 11) is 0. The Labute approximate surface area is 133 Å². The molecule has 1 aromatic rings. The molecular formula is C18H28N2S. The Kier molecular flexibility index (Phi) is 5.61. The first-order chi connectivity index (χ1) is 10.3. The summed E-state index contributed by atoms with van der Waals surface area (Å²) in [5, 5.41) is 3.63. The highest BCUT2D eigenvalue weighted by atomic mass is 32.2. The zero-order chi connectivity index (χ0) is 14.5. The molecule has 2 nitrogen and oxygen atoms in total. The molecule has 1 atom stereocenters. The third-order valence-corrected chi connectivity index (χ3v) is 5.61. The molecule has 0 radical (unpaired) electrons. The van der Waals surface area contributed by atoms with Crippen LogP contribution in [0.15, 0.2) is 24.3 Å². The van der Waals surface area contributed by atoms with E-state index in [2.05, 4.69) is 53.2 Å². The molecule has 0 aromatic heterocycles. The number of benzene rings is 1. The number of nitrogens with zero attached hydrogens (tertiary/aromatic N) is 1. The largest absolute Gasteiger partial charge is 0.313 e. The minimum Gasteiger partial charge on any atom is -0.313 e. The van der Waals surface area contributed by atoms with Crippen molar-refractivity contribution >= 4 is 11.8 Å². The minimum absolute atomic E-state index is 0.620. The topological polar surface area (TPSA) is 15.3 Å². The first-order valence-electron chi connectivity index (χ1n) is 8.43. The van der Waals surface area contributed by atoms with E-state index in [-0.39, 0.29) is 0 Å². The van der Waals surface area contributed by atoms with Crippen molar-refractivity contribution in [3.05, 3.63) is 35.4 Å². The van der Waals surface area contributed by atoms with E-state index in [9.17, 15) is 0 Å². The summed E-state index contributed by atoms with van der Waals surface area (Å²) in [6.45, 7) is 7.07. The SMILES string of the molecule is CC(CNC1CC1)c1ccc(CN2CCCSCC2)cc1. The summed E-state index contributed by atoms with van der Waals surface area (Å²) in [6.07, 6.45) is 4.09. The fraction of sp³-hybridized carbons (Fsp3) is 0.667. The fourth-order valence-electron chi connectivity index (χ4n) is 2.91. The average Bonchev–Trinajstić information content (AvgIpc) is 3.33. The van der Waals surface area contributed by atoms with Crippen LogP contribution < -0.4 is 5.32 Å². The van der Waals surface area contributed by atoms with Gasteiger partial charge in [0.15, 0.2) is 0 Å². The smallest absolute Gasteiger partial charge is 0.0234 e. The van der Waals surface area contributed by atoms with Crippen molar-refractivity contribution in [2.24, 2.45) is 0 Å². The lowest BCUT2D eigenvalue weighted by atomic mass is 9.99. The molecule has 3 rings (SSSR count). The van der Waals surface area contributed by atoms with Crippen LogP contribution in [0.3, 0.4) is 0 Å². The van der Waals surface area contributed by atoms with E-state index in [4.69, 9.17) is 0 Å². The highest BCUT2D eigenvalue weighted by Gasteiger charge is 2.21. The van der Waals surface area contributed by atoms with Crippen molar-refractivity contribution in [1.29, 1.82) is 0 Å². The molecule has 2 aliphatic rings. The van der Waals surface area contributed by atoms with Gasteiger partial charge in [0, 0.05) is 31.4 Å². The third-order valence-electron chi connectivity index (χ3n) is 4.56. The Bertz CT molecular complexity index is 419. The van der Waals surface area contributed by atoms with Crippen LogP contribution in [0.4, 0.5) is 0 Å². The van der Waals surface area contributed by atoms with Crippen LogP contribution in [0, 0.1) is 0 Å². The minimum atomic E-state index is 0.620. The fourth-order valence-corrected chi connectivity index (χ4v) is 3.84. The Morgan fingerprint density at radius 1 is 1.19 bits per heavy atom. The maximum absolute atomic E-state index is 3.63. The van der Waals surface area contributed by atoms with Gasteiger partial charge in [-0.25, -0.2) is 0 Å². The van der Waals surface area contributed by atoms with E-state index in [1.807, 2.05) is 0 Å². The molecule has 1 aliphatic heterocycles. The molecule has 3 heteroatoms. The summed E-state index contributed by atoms with van der Waals surface area (Å²) in [5.74, 6) is 3.25. The number of hydrogen-bond acceptors (Lipinski definition) is 3. The maximum Gasteiger partial charge on any atom is 0.0234 e. The maximum atomic E-state index is 3.63. The predicted molar refractivity (Wildman–Crippen MR) is 93.1 cm³/mol. The monoisotopic (exact) mass is 304 g/mol. The first kappa shape index (κ1) is 15.4. The van der Waals surface area contributed by atoms with Gasteiger partial charge < -0.3 is 5.32 Å². The van der Waals surface area contributed by atoms with Crippen molar-refractivity contribution in [3.8, 4) is 0 Å². The van der Waals surface area contributed by atoms with Crippen molar-refractivity contribution in [1.82, 2.24) is 10.2 Å². The summed E-state index contributed by atoms with van der Waals surface area (Å²) in [5.41, 5.74) is 2.94. The lowest BCUT2D eigenvalue weighted by Crippen LogP contribution is -2.25. The first-order valence-corrected chi connectivity index (χ1v) is 9.59. The van der Waals surface area contributed by atoms with Gasteiger partial charge >= 0.3 is 0 Å². The second-order valence-corrected chi connectivity index (χ2v) is 7.79. The van der Waals surface area contributed by atoms with E-state index < -0.39 is 0 Å². The van der Waals surface area contributed by atoms with E-state index >= 15 is 0 Å². The molecular weight excluding hydrogens is 276 g/mol. The number of nitrogens with one attached hydrogen (secondary N) is 1. The molecule has 0 bridgehead atoms. The molecule has 1 aromatic carbocycles. The quantitative estimate of drug-likeness (QED) is 0.866.